The van der Waals surface area contributed by atoms with Gasteiger partial charge in [-0.15, -0.1) is 17.9 Å². The highest BCUT2D eigenvalue weighted by Crippen LogP contribution is 2.18. The first kappa shape index (κ1) is 24.2. The monoisotopic (exact) mass is 465 g/mol. The van der Waals surface area contributed by atoms with Gasteiger partial charge in [0.2, 0.25) is 5.91 Å². The van der Waals surface area contributed by atoms with Crippen molar-refractivity contribution in [3.05, 3.63) is 101 Å². The fourth-order valence-electron chi connectivity index (χ4n) is 3.42. The zero-order valence-corrected chi connectivity index (χ0v) is 19.5. The molecule has 3 amide bonds. The minimum absolute atomic E-state index is 0.0985. The largest absolute Gasteiger partial charge is 0.332 e. The highest BCUT2D eigenvalue weighted by Gasteiger charge is 2.22. The molecular weight excluding hydrogens is 437 g/mol. The summed E-state index contributed by atoms with van der Waals surface area (Å²) in [6, 6.07) is 17.2. The Kier molecular flexibility index (Phi) is 8.78. The Labute approximate surface area is 198 Å². The number of carbonyl (C=O) groups is 2. The van der Waals surface area contributed by atoms with Gasteiger partial charge in [0.05, 0.1) is 6.54 Å². The lowest BCUT2D eigenvalue weighted by Gasteiger charge is -2.27. The van der Waals surface area contributed by atoms with Crippen LogP contribution < -0.4 is 5.32 Å². The fourth-order valence-corrected chi connectivity index (χ4v) is 4.14. The molecule has 0 atom stereocenters. The van der Waals surface area contributed by atoms with Crippen LogP contribution in [0.4, 0.5) is 14.9 Å². The molecule has 0 aliphatic rings. The SMILES string of the molecule is C=CCN(CC(=O)N(Cc1ccc(F)cc1)Cc1cccs1)C(=O)Nc1ccccc1CC. The second kappa shape index (κ2) is 12.0. The van der Waals surface area contributed by atoms with Crippen LogP contribution in [0.5, 0.6) is 0 Å². The maximum Gasteiger partial charge on any atom is 0.322 e. The summed E-state index contributed by atoms with van der Waals surface area (Å²) in [7, 11) is 0. The third-order valence-corrected chi connectivity index (χ3v) is 6.03. The average molecular weight is 466 g/mol. The summed E-state index contributed by atoms with van der Waals surface area (Å²) in [6.07, 6.45) is 2.38. The van der Waals surface area contributed by atoms with E-state index < -0.39 is 0 Å². The molecule has 1 N–H and O–H groups in total. The van der Waals surface area contributed by atoms with E-state index in [9.17, 15) is 14.0 Å². The number of nitrogens with zero attached hydrogens (tertiary/aromatic N) is 2. The zero-order valence-electron chi connectivity index (χ0n) is 18.7. The molecule has 0 spiro atoms. The van der Waals surface area contributed by atoms with Crippen molar-refractivity contribution in [2.75, 3.05) is 18.4 Å². The Morgan fingerprint density at radius 1 is 1.03 bits per heavy atom. The predicted octanol–water partition coefficient (Wildman–Crippen LogP) is 5.70. The number of amides is 3. The van der Waals surface area contributed by atoms with Crippen molar-refractivity contribution < 1.29 is 14.0 Å². The molecule has 0 unspecified atom stereocenters. The van der Waals surface area contributed by atoms with Crippen LogP contribution in [0.1, 0.15) is 22.9 Å². The molecule has 5 nitrogen and oxygen atoms in total. The van der Waals surface area contributed by atoms with Crippen molar-refractivity contribution in [1.29, 1.82) is 0 Å². The van der Waals surface area contributed by atoms with E-state index in [0.717, 1.165) is 28.1 Å². The van der Waals surface area contributed by atoms with E-state index in [1.807, 2.05) is 48.7 Å². The summed E-state index contributed by atoms with van der Waals surface area (Å²) in [5, 5.41) is 4.88. The molecule has 7 heteroatoms. The van der Waals surface area contributed by atoms with E-state index in [4.69, 9.17) is 0 Å². The number of urea groups is 1. The molecule has 0 saturated heterocycles. The van der Waals surface area contributed by atoms with Gasteiger partial charge in [0.25, 0.3) is 0 Å². The van der Waals surface area contributed by atoms with Crippen LogP contribution in [0.3, 0.4) is 0 Å². The number of halogens is 1. The minimum Gasteiger partial charge on any atom is -0.332 e. The smallest absolute Gasteiger partial charge is 0.322 e. The molecule has 0 saturated carbocycles. The molecule has 1 aromatic heterocycles. The van der Waals surface area contributed by atoms with Gasteiger partial charge in [-0.2, -0.15) is 0 Å². The number of nitrogens with one attached hydrogen (secondary N) is 1. The number of aryl methyl sites for hydroxylation is 1. The molecule has 33 heavy (non-hydrogen) atoms. The van der Waals surface area contributed by atoms with Gasteiger partial charge in [0, 0.05) is 23.7 Å². The number of para-hydroxylation sites is 1. The molecule has 0 aliphatic heterocycles. The van der Waals surface area contributed by atoms with Gasteiger partial charge in [0.1, 0.15) is 12.4 Å². The summed E-state index contributed by atoms with van der Waals surface area (Å²) < 4.78 is 13.3. The molecule has 2 aromatic carbocycles. The maximum absolute atomic E-state index is 13.3. The van der Waals surface area contributed by atoms with Gasteiger partial charge >= 0.3 is 6.03 Å². The van der Waals surface area contributed by atoms with Crippen molar-refractivity contribution >= 4 is 29.0 Å². The van der Waals surface area contributed by atoms with Crippen molar-refractivity contribution in [2.45, 2.75) is 26.4 Å². The average Bonchev–Trinajstić information content (AvgIpc) is 3.33. The van der Waals surface area contributed by atoms with Crippen molar-refractivity contribution in [2.24, 2.45) is 0 Å². The molecule has 1 heterocycles. The Morgan fingerprint density at radius 3 is 2.45 bits per heavy atom. The van der Waals surface area contributed by atoms with Crippen LogP contribution >= 0.6 is 11.3 Å². The van der Waals surface area contributed by atoms with Crippen LogP contribution in [0, 0.1) is 5.82 Å². The Balaban J connectivity index is 1.75. The number of benzene rings is 2. The number of hydrogen-bond acceptors (Lipinski definition) is 3. The third-order valence-electron chi connectivity index (χ3n) is 5.17. The first-order valence-corrected chi connectivity index (χ1v) is 11.7. The third kappa shape index (κ3) is 7.02. The Morgan fingerprint density at radius 2 is 1.79 bits per heavy atom. The zero-order chi connectivity index (χ0) is 23.6. The van der Waals surface area contributed by atoms with Crippen LogP contribution in [-0.2, 0) is 24.3 Å². The second-order valence-electron chi connectivity index (χ2n) is 7.57. The van der Waals surface area contributed by atoms with Crippen LogP contribution in [0.25, 0.3) is 0 Å². The minimum atomic E-state index is -0.359. The highest BCUT2D eigenvalue weighted by atomic mass is 32.1. The van der Waals surface area contributed by atoms with Gasteiger partial charge in [0.15, 0.2) is 0 Å². The standard InChI is InChI=1S/C26H28FN3O2S/c1-3-15-29(26(32)28-24-10-6-5-8-21(24)4-2)19-25(31)30(18-23-9-7-16-33-23)17-20-11-13-22(27)14-12-20/h3,5-14,16H,1,4,15,17-19H2,2H3,(H,28,32). The summed E-state index contributed by atoms with van der Waals surface area (Å²) in [6.45, 7) is 6.62. The van der Waals surface area contributed by atoms with E-state index in [0.29, 0.717) is 13.1 Å². The lowest BCUT2D eigenvalue weighted by atomic mass is 10.1. The van der Waals surface area contributed by atoms with Crippen LogP contribution in [0.15, 0.2) is 78.7 Å². The summed E-state index contributed by atoms with van der Waals surface area (Å²) in [5.41, 5.74) is 2.57. The quantitative estimate of drug-likeness (QED) is 0.391. The molecule has 0 bridgehead atoms. The van der Waals surface area contributed by atoms with E-state index in [2.05, 4.69) is 11.9 Å². The van der Waals surface area contributed by atoms with Crippen LogP contribution in [-0.4, -0.2) is 34.8 Å². The van der Waals surface area contributed by atoms with Crippen molar-refractivity contribution in [1.82, 2.24) is 9.80 Å². The lowest BCUT2D eigenvalue weighted by molar-refractivity contribution is -0.132. The maximum atomic E-state index is 13.3. The van der Waals surface area contributed by atoms with Gasteiger partial charge in [-0.25, -0.2) is 9.18 Å². The van der Waals surface area contributed by atoms with E-state index in [1.54, 1.807) is 34.4 Å². The normalized spacial score (nSPS) is 10.5. The molecule has 0 radical (unpaired) electrons. The summed E-state index contributed by atoms with van der Waals surface area (Å²) in [4.78, 5) is 30.5. The highest BCUT2D eigenvalue weighted by molar-refractivity contribution is 7.09. The van der Waals surface area contributed by atoms with E-state index in [1.165, 1.54) is 17.0 Å². The number of carbonyl (C=O) groups excluding carboxylic acids is 2. The molecule has 0 fully saturated rings. The van der Waals surface area contributed by atoms with Crippen molar-refractivity contribution in [3.8, 4) is 0 Å². The fraction of sp³-hybridized carbons (Fsp3) is 0.231. The molecule has 0 aliphatic carbocycles. The Bertz CT molecular complexity index is 1070. The topological polar surface area (TPSA) is 52.7 Å². The first-order valence-electron chi connectivity index (χ1n) is 10.8. The van der Waals surface area contributed by atoms with E-state index >= 15 is 0 Å². The summed E-state index contributed by atoms with van der Waals surface area (Å²) in [5.74, 6) is -0.524. The number of rotatable bonds is 10. The molecule has 172 valence electrons. The Hall–Kier alpha value is -3.45. The molecule has 3 rings (SSSR count). The van der Waals surface area contributed by atoms with Gasteiger partial charge < -0.3 is 15.1 Å². The van der Waals surface area contributed by atoms with Gasteiger partial charge in [-0.1, -0.05) is 49.4 Å². The number of anilines is 1. The number of thiophene rings is 1. The lowest BCUT2D eigenvalue weighted by Crippen LogP contribution is -2.44. The number of hydrogen-bond donors (Lipinski definition) is 1. The predicted molar refractivity (Wildman–Crippen MR) is 132 cm³/mol. The summed E-state index contributed by atoms with van der Waals surface area (Å²) >= 11 is 1.56. The molecular formula is C26H28FN3O2S. The van der Waals surface area contributed by atoms with Gasteiger partial charge in [-0.05, 0) is 47.2 Å². The van der Waals surface area contributed by atoms with Gasteiger partial charge in [-0.3, -0.25) is 4.79 Å². The first-order chi connectivity index (χ1) is 16.0. The second-order valence-corrected chi connectivity index (χ2v) is 8.60. The molecule has 3 aromatic rings. The van der Waals surface area contributed by atoms with Crippen molar-refractivity contribution in [3.63, 3.8) is 0 Å². The van der Waals surface area contributed by atoms with Crippen LogP contribution in [0.2, 0.25) is 0 Å². The van der Waals surface area contributed by atoms with E-state index in [-0.39, 0.29) is 30.8 Å².